The second-order valence-electron chi connectivity index (χ2n) is 4.38. The number of hydrogen-bond donors (Lipinski definition) is 1. The first-order valence-electron chi connectivity index (χ1n) is 5.82. The summed E-state index contributed by atoms with van der Waals surface area (Å²) in [7, 11) is 0. The third-order valence-electron chi connectivity index (χ3n) is 2.61. The number of rotatable bonds is 4. The lowest BCUT2D eigenvalue weighted by Crippen LogP contribution is -2.55. The summed E-state index contributed by atoms with van der Waals surface area (Å²) in [6.45, 7) is 7.64. The van der Waals surface area contributed by atoms with Gasteiger partial charge in [-0.15, -0.1) is 0 Å². The number of carbonyl (C=O) groups is 1. The minimum absolute atomic E-state index is 0.333. The molecule has 0 spiro atoms. The van der Waals surface area contributed by atoms with Gasteiger partial charge < -0.3 is 15.2 Å². The van der Waals surface area contributed by atoms with Gasteiger partial charge in [0.15, 0.2) is 0 Å². The van der Waals surface area contributed by atoms with Crippen molar-refractivity contribution in [3.63, 3.8) is 0 Å². The Hall–Kier alpha value is -0.650. The van der Waals surface area contributed by atoms with Gasteiger partial charge in [-0.2, -0.15) is 0 Å². The molecule has 5 nitrogen and oxygen atoms in total. The van der Waals surface area contributed by atoms with E-state index in [1.165, 1.54) is 0 Å². The van der Waals surface area contributed by atoms with Crippen LogP contribution in [0.2, 0.25) is 0 Å². The molecule has 2 N–H and O–H groups in total. The number of carbonyl (C=O) groups excluding carboxylic acids is 1. The molecule has 16 heavy (non-hydrogen) atoms. The summed E-state index contributed by atoms with van der Waals surface area (Å²) in [6.07, 6.45) is 0.985. The number of hydrogen-bond acceptors (Lipinski definition) is 5. The molecule has 1 fully saturated rings. The van der Waals surface area contributed by atoms with Gasteiger partial charge in [0.05, 0.1) is 13.2 Å². The normalized spacial score (nSPS) is 22.2. The fraction of sp³-hybridized carbons (Fsp3) is 0.909. The summed E-state index contributed by atoms with van der Waals surface area (Å²) in [6, 6.07) is 0. The van der Waals surface area contributed by atoms with E-state index in [4.69, 9.17) is 15.2 Å². The molecule has 1 unspecified atom stereocenters. The lowest BCUT2D eigenvalue weighted by molar-refractivity contribution is -0.149. The van der Waals surface area contributed by atoms with Crippen LogP contribution in [0.25, 0.3) is 0 Å². The van der Waals surface area contributed by atoms with Crippen LogP contribution in [0, 0.1) is 0 Å². The Bertz CT molecular complexity index is 223. The third-order valence-corrected chi connectivity index (χ3v) is 2.61. The van der Waals surface area contributed by atoms with Crippen LogP contribution >= 0.6 is 0 Å². The van der Waals surface area contributed by atoms with Crippen molar-refractivity contribution in [2.75, 3.05) is 39.5 Å². The molecule has 0 aromatic heterocycles. The molecule has 0 aromatic rings. The molecule has 0 bridgehead atoms. The van der Waals surface area contributed by atoms with E-state index >= 15 is 0 Å². The van der Waals surface area contributed by atoms with Gasteiger partial charge in [0.1, 0.15) is 5.54 Å². The van der Waals surface area contributed by atoms with Crippen molar-refractivity contribution >= 4 is 5.97 Å². The van der Waals surface area contributed by atoms with E-state index in [1.54, 1.807) is 13.8 Å². The number of ether oxygens (including phenoxy) is 2. The van der Waals surface area contributed by atoms with Crippen molar-refractivity contribution in [2.24, 2.45) is 5.73 Å². The minimum atomic E-state index is -0.930. The Kier molecular flexibility index (Phi) is 5.18. The Morgan fingerprint density at radius 1 is 1.50 bits per heavy atom. The van der Waals surface area contributed by atoms with Gasteiger partial charge in [-0.25, -0.2) is 0 Å². The van der Waals surface area contributed by atoms with Crippen molar-refractivity contribution in [2.45, 2.75) is 25.8 Å². The van der Waals surface area contributed by atoms with E-state index in [-0.39, 0.29) is 5.97 Å². The fourth-order valence-corrected chi connectivity index (χ4v) is 1.78. The quantitative estimate of drug-likeness (QED) is 0.688. The highest BCUT2D eigenvalue weighted by molar-refractivity contribution is 5.80. The predicted molar refractivity (Wildman–Crippen MR) is 61.1 cm³/mol. The Morgan fingerprint density at radius 2 is 2.25 bits per heavy atom. The summed E-state index contributed by atoms with van der Waals surface area (Å²) in [5.41, 5.74) is 5.04. The zero-order valence-electron chi connectivity index (χ0n) is 10.2. The van der Waals surface area contributed by atoms with Crippen LogP contribution in [-0.4, -0.2) is 55.9 Å². The first-order chi connectivity index (χ1) is 7.56. The molecule has 94 valence electrons. The van der Waals surface area contributed by atoms with Crippen molar-refractivity contribution in [1.29, 1.82) is 0 Å². The Labute approximate surface area is 96.9 Å². The van der Waals surface area contributed by atoms with Gasteiger partial charge in [0.2, 0.25) is 0 Å². The van der Waals surface area contributed by atoms with Crippen molar-refractivity contribution in [1.82, 2.24) is 4.90 Å². The van der Waals surface area contributed by atoms with E-state index < -0.39 is 5.54 Å². The molecule has 1 rings (SSSR count). The van der Waals surface area contributed by atoms with Crippen LogP contribution in [0.15, 0.2) is 0 Å². The van der Waals surface area contributed by atoms with Gasteiger partial charge in [0, 0.05) is 26.2 Å². The highest BCUT2D eigenvalue weighted by atomic mass is 16.5. The largest absolute Gasteiger partial charge is 0.465 e. The van der Waals surface area contributed by atoms with Crippen LogP contribution in [0.3, 0.4) is 0 Å². The van der Waals surface area contributed by atoms with Gasteiger partial charge >= 0.3 is 5.97 Å². The number of esters is 1. The molecule has 0 amide bonds. The summed E-state index contributed by atoms with van der Waals surface area (Å²) < 4.78 is 10.3. The second kappa shape index (κ2) is 6.18. The Morgan fingerprint density at radius 3 is 2.94 bits per heavy atom. The fourth-order valence-electron chi connectivity index (χ4n) is 1.78. The summed E-state index contributed by atoms with van der Waals surface area (Å²) in [4.78, 5) is 13.8. The molecule has 1 aliphatic heterocycles. The van der Waals surface area contributed by atoms with Crippen LogP contribution in [0.4, 0.5) is 0 Å². The van der Waals surface area contributed by atoms with E-state index in [0.717, 1.165) is 26.1 Å². The maximum Gasteiger partial charge on any atom is 0.327 e. The van der Waals surface area contributed by atoms with E-state index in [9.17, 15) is 4.79 Å². The molecule has 0 aliphatic carbocycles. The molecule has 1 aliphatic rings. The zero-order chi connectivity index (χ0) is 12.0. The van der Waals surface area contributed by atoms with Gasteiger partial charge in [0.25, 0.3) is 0 Å². The average molecular weight is 230 g/mol. The van der Waals surface area contributed by atoms with Crippen LogP contribution < -0.4 is 5.73 Å². The summed E-state index contributed by atoms with van der Waals surface area (Å²) in [5.74, 6) is -0.333. The third kappa shape index (κ3) is 4.08. The van der Waals surface area contributed by atoms with Crippen LogP contribution in [-0.2, 0) is 14.3 Å². The number of nitrogens with zero attached hydrogens (tertiary/aromatic N) is 1. The predicted octanol–water partition coefficient (Wildman–Crippen LogP) is -0.0108. The first kappa shape index (κ1) is 13.4. The van der Waals surface area contributed by atoms with Gasteiger partial charge in [-0.3, -0.25) is 9.69 Å². The molecule has 0 saturated carbocycles. The smallest absolute Gasteiger partial charge is 0.327 e. The molecule has 0 aromatic carbocycles. The van der Waals surface area contributed by atoms with E-state index in [0.29, 0.717) is 19.8 Å². The SMILES string of the molecule is CCOC(=O)C(C)(N)CN1CCCOCC1. The van der Waals surface area contributed by atoms with E-state index in [2.05, 4.69) is 4.90 Å². The monoisotopic (exact) mass is 230 g/mol. The molecule has 5 heteroatoms. The lowest BCUT2D eigenvalue weighted by Gasteiger charge is -2.29. The van der Waals surface area contributed by atoms with Crippen LogP contribution in [0.5, 0.6) is 0 Å². The van der Waals surface area contributed by atoms with Crippen LogP contribution in [0.1, 0.15) is 20.3 Å². The Balaban J connectivity index is 2.46. The molecule has 1 saturated heterocycles. The zero-order valence-corrected chi connectivity index (χ0v) is 10.2. The maximum absolute atomic E-state index is 11.6. The van der Waals surface area contributed by atoms with Crippen molar-refractivity contribution in [3.05, 3.63) is 0 Å². The highest BCUT2D eigenvalue weighted by Crippen LogP contribution is 2.08. The maximum atomic E-state index is 11.6. The van der Waals surface area contributed by atoms with Crippen molar-refractivity contribution in [3.8, 4) is 0 Å². The van der Waals surface area contributed by atoms with Gasteiger partial charge in [-0.1, -0.05) is 0 Å². The number of nitrogens with two attached hydrogens (primary N) is 1. The summed E-state index contributed by atoms with van der Waals surface area (Å²) >= 11 is 0. The molecule has 1 atom stereocenters. The second-order valence-corrected chi connectivity index (χ2v) is 4.38. The summed E-state index contributed by atoms with van der Waals surface area (Å²) in [5, 5.41) is 0. The van der Waals surface area contributed by atoms with Crippen molar-refractivity contribution < 1.29 is 14.3 Å². The first-order valence-corrected chi connectivity index (χ1v) is 5.82. The minimum Gasteiger partial charge on any atom is -0.465 e. The highest BCUT2D eigenvalue weighted by Gasteiger charge is 2.32. The molecular formula is C11H22N2O3. The standard InChI is InChI=1S/C11H22N2O3/c1-3-16-10(14)11(2,12)9-13-5-4-7-15-8-6-13/h3-9,12H2,1-2H3. The topological polar surface area (TPSA) is 64.8 Å². The lowest BCUT2D eigenvalue weighted by atomic mass is 10.0. The molecule has 0 radical (unpaired) electrons. The molecular weight excluding hydrogens is 208 g/mol. The van der Waals surface area contributed by atoms with Gasteiger partial charge in [-0.05, 0) is 20.3 Å². The van der Waals surface area contributed by atoms with E-state index in [1.807, 2.05) is 0 Å². The molecule has 1 heterocycles. The average Bonchev–Trinajstić information content (AvgIpc) is 2.46.